The number of carbonyl (C=O) groups is 3. The number of primary sulfonamides is 1. The average molecular weight is 380 g/mol. The molecule has 0 saturated heterocycles. The van der Waals surface area contributed by atoms with Crippen LogP contribution >= 0.6 is 0 Å². The van der Waals surface area contributed by atoms with Gasteiger partial charge in [0.1, 0.15) is 0 Å². The van der Waals surface area contributed by atoms with Crippen molar-refractivity contribution in [1.82, 2.24) is 0 Å². The molecule has 0 aliphatic carbocycles. The van der Waals surface area contributed by atoms with E-state index in [1.165, 1.54) is 26.0 Å². The number of ketones is 1. The van der Waals surface area contributed by atoms with Crippen LogP contribution in [0.2, 0.25) is 0 Å². The molecule has 0 bridgehead atoms. The fraction of sp³-hybridized carbons (Fsp3) is 0.188. The molecule has 1 heterocycles. The number of benzene rings is 1. The SMILES string of the molecule is CC(=O)c1ccc(NC(=O)C(C)OC(=O)c2ccc(S(N)(=O)=O)o2)cc1. The van der Waals surface area contributed by atoms with E-state index in [-0.39, 0.29) is 5.78 Å². The van der Waals surface area contributed by atoms with E-state index in [9.17, 15) is 22.8 Å². The van der Waals surface area contributed by atoms with Crippen LogP contribution in [0.15, 0.2) is 45.9 Å². The number of carbonyl (C=O) groups excluding carboxylic acids is 3. The van der Waals surface area contributed by atoms with Gasteiger partial charge >= 0.3 is 5.97 Å². The van der Waals surface area contributed by atoms with Gasteiger partial charge in [-0.05, 0) is 50.2 Å². The summed E-state index contributed by atoms with van der Waals surface area (Å²) in [5.41, 5.74) is 0.906. The lowest BCUT2D eigenvalue weighted by atomic mass is 10.1. The molecule has 10 heteroatoms. The molecule has 0 fully saturated rings. The van der Waals surface area contributed by atoms with Crippen LogP contribution in [0.3, 0.4) is 0 Å². The summed E-state index contributed by atoms with van der Waals surface area (Å²) in [6.45, 7) is 2.76. The largest absolute Gasteiger partial charge is 0.447 e. The number of hydrogen-bond acceptors (Lipinski definition) is 7. The smallest absolute Gasteiger partial charge is 0.375 e. The standard InChI is InChI=1S/C16H16N2O7S/c1-9(19)11-3-5-12(6-4-11)18-15(20)10(2)24-16(21)13-7-8-14(25-13)26(17,22)23/h3-8,10H,1-2H3,(H,18,20)(H2,17,22,23). The van der Waals surface area contributed by atoms with Gasteiger partial charge in [0.2, 0.25) is 10.9 Å². The monoisotopic (exact) mass is 380 g/mol. The third-order valence-electron chi connectivity index (χ3n) is 3.27. The van der Waals surface area contributed by atoms with E-state index in [1.54, 1.807) is 12.1 Å². The Morgan fingerprint density at radius 3 is 2.23 bits per heavy atom. The Hall–Kier alpha value is -2.98. The zero-order valence-electron chi connectivity index (χ0n) is 13.9. The fourth-order valence-corrected chi connectivity index (χ4v) is 2.35. The fourth-order valence-electron chi connectivity index (χ4n) is 1.89. The first kappa shape index (κ1) is 19.3. The highest BCUT2D eigenvalue weighted by atomic mass is 32.2. The van der Waals surface area contributed by atoms with Crippen molar-refractivity contribution in [3.63, 3.8) is 0 Å². The summed E-state index contributed by atoms with van der Waals surface area (Å²) in [6, 6.07) is 8.25. The molecule has 3 N–H and O–H groups in total. The van der Waals surface area contributed by atoms with Crippen LogP contribution in [0.25, 0.3) is 0 Å². The molecule has 1 atom stereocenters. The minimum Gasteiger partial charge on any atom is -0.447 e. The molecule has 2 rings (SSSR count). The van der Waals surface area contributed by atoms with Gasteiger partial charge in [0.25, 0.3) is 15.9 Å². The first-order valence-electron chi connectivity index (χ1n) is 7.33. The minimum atomic E-state index is -4.09. The molecule has 0 aliphatic heterocycles. The van der Waals surface area contributed by atoms with Gasteiger partial charge in [-0.3, -0.25) is 9.59 Å². The minimum absolute atomic E-state index is 0.109. The van der Waals surface area contributed by atoms with Crippen LogP contribution in [0.5, 0.6) is 0 Å². The maximum Gasteiger partial charge on any atom is 0.375 e. The van der Waals surface area contributed by atoms with Gasteiger partial charge in [-0.15, -0.1) is 0 Å². The van der Waals surface area contributed by atoms with Crippen molar-refractivity contribution in [1.29, 1.82) is 0 Å². The van der Waals surface area contributed by atoms with Gasteiger partial charge in [0.15, 0.2) is 11.9 Å². The van der Waals surface area contributed by atoms with Crippen LogP contribution < -0.4 is 10.5 Å². The number of hydrogen-bond donors (Lipinski definition) is 2. The molecule has 0 saturated carbocycles. The van der Waals surface area contributed by atoms with Crippen molar-refractivity contribution in [2.45, 2.75) is 25.0 Å². The quantitative estimate of drug-likeness (QED) is 0.567. The molecule has 1 amide bonds. The van der Waals surface area contributed by atoms with Crippen LogP contribution in [0.4, 0.5) is 5.69 Å². The van der Waals surface area contributed by atoms with Gasteiger partial charge in [-0.2, -0.15) is 0 Å². The Labute approximate surface area is 149 Å². The Kier molecular flexibility index (Phi) is 5.58. The Morgan fingerprint density at radius 2 is 1.73 bits per heavy atom. The van der Waals surface area contributed by atoms with Crippen molar-refractivity contribution in [2.75, 3.05) is 5.32 Å². The number of esters is 1. The van der Waals surface area contributed by atoms with E-state index in [2.05, 4.69) is 5.32 Å². The first-order valence-corrected chi connectivity index (χ1v) is 8.88. The zero-order valence-corrected chi connectivity index (χ0v) is 14.7. The summed E-state index contributed by atoms with van der Waals surface area (Å²) in [6.07, 6.45) is -1.18. The summed E-state index contributed by atoms with van der Waals surface area (Å²) in [7, 11) is -4.09. The van der Waals surface area contributed by atoms with E-state index < -0.39 is 38.9 Å². The van der Waals surface area contributed by atoms with Crippen LogP contribution in [0.1, 0.15) is 34.8 Å². The number of nitrogens with one attached hydrogen (secondary N) is 1. The highest BCUT2D eigenvalue weighted by Gasteiger charge is 2.23. The van der Waals surface area contributed by atoms with Gasteiger partial charge in [0.05, 0.1) is 0 Å². The number of anilines is 1. The number of amides is 1. The second-order valence-electron chi connectivity index (χ2n) is 5.33. The van der Waals surface area contributed by atoms with Gasteiger partial charge in [-0.1, -0.05) is 0 Å². The zero-order chi connectivity index (χ0) is 19.5. The Morgan fingerprint density at radius 1 is 1.12 bits per heavy atom. The van der Waals surface area contributed by atoms with Crippen molar-refractivity contribution >= 4 is 33.4 Å². The second kappa shape index (κ2) is 7.50. The number of Topliss-reactive ketones (excluding diaryl/α,β-unsaturated/α-hetero) is 1. The third-order valence-corrected chi connectivity index (χ3v) is 4.06. The number of ether oxygens (including phenoxy) is 1. The second-order valence-corrected chi connectivity index (χ2v) is 6.83. The molecule has 9 nitrogen and oxygen atoms in total. The highest BCUT2D eigenvalue weighted by Crippen LogP contribution is 2.15. The summed E-state index contributed by atoms with van der Waals surface area (Å²) in [5.74, 6) is -2.15. The predicted molar refractivity (Wildman–Crippen MR) is 90.0 cm³/mol. The lowest BCUT2D eigenvalue weighted by Crippen LogP contribution is -2.29. The lowest BCUT2D eigenvalue weighted by Gasteiger charge is -2.12. The molecule has 0 radical (unpaired) electrons. The van der Waals surface area contributed by atoms with Gasteiger partial charge < -0.3 is 14.5 Å². The van der Waals surface area contributed by atoms with Crippen LogP contribution in [0, 0.1) is 0 Å². The summed E-state index contributed by atoms with van der Waals surface area (Å²) >= 11 is 0. The van der Waals surface area contributed by atoms with E-state index in [0.29, 0.717) is 11.3 Å². The molecular weight excluding hydrogens is 364 g/mol. The maximum absolute atomic E-state index is 12.1. The molecule has 2 aromatic rings. The third kappa shape index (κ3) is 4.77. The molecule has 1 unspecified atom stereocenters. The van der Waals surface area contributed by atoms with Crippen molar-refractivity contribution in [3.8, 4) is 0 Å². The molecule has 1 aromatic carbocycles. The predicted octanol–water partition coefficient (Wildman–Crippen LogP) is 1.31. The molecule has 0 spiro atoms. The Bertz CT molecular complexity index is 945. The van der Waals surface area contributed by atoms with Crippen molar-refractivity contribution in [3.05, 3.63) is 47.7 Å². The summed E-state index contributed by atoms with van der Waals surface area (Å²) < 4.78 is 31.9. The lowest BCUT2D eigenvalue weighted by molar-refractivity contribution is -0.123. The number of sulfonamides is 1. The summed E-state index contributed by atoms with van der Waals surface area (Å²) in [5, 5.41) is 6.81. The molecule has 0 aliphatic rings. The van der Waals surface area contributed by atoms with E-state index >= 15 is 0 Å². The van der Waals surface area contributed by atoms with Crippen LogP contribution in [-0.4, -0.2) is 32.2 Å². The van der Waals surface area contributed by atoms with Crippen molar-refractivity contribution in [2.24, 2.45) is 5.14 Å². The first-order chi connectivity index (χ1) is 12.1. The molecule has 1 aromatic heterocycles. The van der Waals surface area contributed by atoms with E-state index in [0.717, 1.165) is 12.1 Å². The maximum atomic E-state index is 12.1. The van der Waals surface area contributed by atoms with Gasteiger partial charge in [0, 0.05) is 11.3 Å². The molecule has 138 valence electrons. The number of furan rings is 1. The van der Waals surface area contributed by atoms with Crippen molar-refractivity contribution < 1.29 is 32.0 Å². The van der Waals surface area contributed by atoms with Gasteiger partial charge in [-0.25, -0.2) is 18.4 Å². The topological polar surface area (TPSA) is 146 Å². The average Bonchev–Trinajstić information content (AvgIpc) is 3.05. The van der Waals surface area contributed by atoms with E-state index in [4.69, 9.17) is 14.3 Å². The number of rotatable bonds is 6. The molecular formula is C16H16N2O7S. The van der Waals surface area contributed by atoms with E-state index in [1.807, 2.05) is 0 Å². The Balaban J connectivity index is 1.98. The number of nitrogens with two attached hydrogens (primary N) is 1. The summed E-state index contributed by atoms with van der Waals surface area (Å²) in [4.78, 5) is 35.2. The normalized spacial score (nSPS) is 12.3. The van der Waals surface area contributed by atoms with Crippen LogP contribution in [-0.2, 0) is 19.6 Å². The highest BCUT2D eigenvalue weighted by molar-refractivity contribution is 7.89. The molecule has 26 heavy (non-hydrogen) atoms.